The summed E-state index contributed by atoms with van der Waals surface area (Å²) in [6, 6.07) is -0.294. The lowest BCUT2D eigenvalue weighted by Gasteiger charge is -2.47. The third-order valence-electron chi connectivity index (χ3n) is 5.45. The van der Waals surface area contributed by atoms with E-state index in [2.05, 4.69) is 5.10 Å². The van der Waals surface area contributed by atoms with E-state index in [1.165, 1.54) is 16.7 Å². The second-order valence-corrected chi connectivity index (χ2v) is 8.38. The molecule has 8 nitrogen and oxygen atoms in total. The molecule has 4 heterocycles. The summed E-state index contributed by atoms with van der Waals surface area (Å²) in [5.74, 6) is -1.22. The van der Waals surface area contributed by atoms with E-state index in [0.29, 0.717) is 11.4 Å². The average Bonchev–Trinajstić information content (AvgIpc) is 3.14. The van der Waals surface area contributed by atoms with E-state index in [9.17, 15) is 19.8 Å². The maximum Gasteiger partial charge on any atom is 0.265 e. The third-order valence-corrected chi connectivity index (χ3v) is 6.92. The second-order valence-electron chi connectivity index (χ2n) is 7.04. The molecule has 1 unspecified atom stereocenters. The van der Waals surface area contributed by atoms with E-state index in [4.69, 9.17) is 0 Å². The number of β-lactam (4-membered cyclic amide) rings is 1. The summed E-state index contributed by atoms with van der Waals surface area (Å²) in [6.07, 6.45) is 1.76. The van der Waals surface area contributed by atoms with Crippen molar-refractivity contribution in [3.05, 3.63) is 22.8 Å². The van der Waals surface area contributed by atoms with Crippen LogP contribution < -0.4 is 9.67 Å². The number of amides is 1. The number of rotatable bonds is 4. The summed E-state index contributed by atoms with van der Waals surface area (Å²) in [7, 11) is 1.94. The molecule has 3 aliphatic rings. The Morgan fingerprint density at radius 1 is 1.56 bits per heavy atom. The number of nitrogens with zero attached hydrogens (tertiary/aromatic N) is 4. The Morgan fingerprint density at radius 3 is 2.88 bits per heavy atom. The van der Waals surface area contributed by atoms with Gasteiger partial charge in [0, 0.05) is 15.9 Å². The predicted octanol–water partition coefficient (Wildman–Crippen LogP) is -1.82. The van der Waals surface area contributed by atoms with Crippen LogP contribution in [-0.4, -0.2) is 49.1 Å². The summed E-state index contributed by atoms with van der Waals surface area (Å²) < 4.78 is 3.89. The molecule has 1 fully saturated rings. The lowest BCUT2D eigenvalue weighted by molar-refractivity contribution is -0.679. The number of thioether (sulfide) groups is 1. The van der Waals surface area contributed by atoms with Crippen molar-refractivity contribution in [3.63, 3.8) is 0 Å². The zero-order valence-electron chi connectivity index (χ0n) is 14.2. The van der Waals surface area contributed by atoms with Crippen LogP contribution in [0.15, 0.2) is 16.9 Å². The summed E-state index contributed by atoms with van der Waals surface area (Å²) >= 11 is 1.50. The Hall–Kier alpha value is -1.87. The minimum atomic E-state index is -1.32. The van der Waals surface area contributed by atoms with Crippen LogP contribution in [0.1, 0.15) is 19.7 Å². The molecular formula is C16H20N4O4S. The molecule has 1 aromatic rings. The number of aliphatic carboxylic acids is 1. The molecule has 1 amide bonds. The first kappa shape index (κ1) is 16.6. The van der Waals surface area contributed by atoms with Gasteiger partial charge >= 0.3 is 0 Å². The van der Waals surface area contributed by atoms with Gasteiger partial charge in [-0.1, -0.05) is 6.92 Å². The molecule has 0 saturated carbocycles. The summed E-state index contributed by atoms with van der Waals surface area (Å²) in [4.78, 5) is 26.0. The van der Waals surface area contributed by atoms with Gasteiger partial charge < -0.3 is 19.9 Å². The fourth-order valence-electron chi connectivity index (χ4n) is 4.25. The largest absolute Gasteiger partial charge is 0.543 e. The molecule has 1 N–H and O–H groups in total. The van der Waals surface area contributed by atoms with Gasteiger partial charge in [-0.05, 0) is 6.92 Å². The molecule has 0 aromatic carbocycles. The Kier molecular flexibility index (Phi) is 3.69. The van der Waals surface area contributed by atoms with Gasteiger partial charge in [0.15, 0.2) is 0 Å². The standard InChI is InChI=1S/C16H20N4O4S/c1-7-12-11(8(2)21)15(22)20(12)13(16(23)24)14(7)25-9-4-10-18(3)6-17-19(10)5-9/h6-9,11-12,21H,4-5H2,1-3H3/t7-,8-,9?,11-,12-/m1/s1. The predicted molar refractivity (Wildman–Crippen MR) is 85.5 cm³/mol. The molecule has 1 aromatic heterocycles. The fourth-order valence-corrected chi connectivity index (χ4v) is 5.70. The van der Waals surface area contributed by atoms with Crippen molar-refractivity contribution < 1.29 is 24.4 Å². The van der Waals surface area contributed by atoms with Gasteiger partial charge in [0.25, 0.3) is 6.33 Å². The molecule has 0 bridgehead atoms. The molecule has 4 rings (SSSR count). The minimum Gasteiger partial charge on any atom is -0.543 e. The minimum absolute atomic E-state index is 0.0154. The molecule has 1 saturated heterocycles. The van der Waals surface area contributed by atoms with Gasteiger partial charge in [-0.25, -0.2) is 4.57 Å². The van der Waals surface area contributed by atoms with Crippen LogP contribution in [0.3, 0.4) is 0 Å². The molecule has 3 aliphatic heterocycles. The molecule has 0 spiro atoms. The smallest absolute Gasteiger partial charge is 0.265 e. The zero-order chi connectivity index (χ0) is 18.0. The first-order chi connectivity index (χ1) is 11.8. The van der Waals surface area contributed by atoms with Crippen LogP contribution in [-0.2, 0) is 29.6 Å². The topological polar surface area (TPSA) is 102 Å². The summed E-state index contributed by atoms with van der Waals surface area (Å²) in [6.45, 7) is 4.20. The maximum absolute atomic E-state index is 12.3. The van der Waals surface area contributed by atoms with Crippen molar-refractivity contribution in [3.8, 4) is 0 Å². The zero-order valence-corrected chi connectivity index (χ0v) is 15.1. The number of hydrogen-bond donors (Lipinski definition) is 1. The van der Waals surface area contributed by atoms with Crippen LogP contribution in [0.5, 0.6) is 0 Å². The molecular weight excluding hydrogens is 344 g/mol. The van der Waals surface area contributed by atoms with E-state index in [-0.39, 0.29) is 28.8 Å². The van der Waals surface area contributed by atoms with Crippen molar-refractivity contribution in [2.45, 2.75) is 44.2 Å². The molecule has 0 aliphatic carbocycles. The highest BCUT2D eigenvalue weighted by Gasteiger charge is 2.59. The summed E-state index contributed by atoms with van der Waals surface area (Å²) in [5, 5.41) is 26.1. The van der Waals surface area contributed by atoms with E-state index in [0.717, 1.165) is 12.2 Å². The number of carbonyl (C=O) groups excluding carboxylic acids is 2. The monoisotopic (exact) mass is 364 g/mol. The average molecular weight is 364 g/mol. The van der Waals surface area contributed by atoms with Gasteiger partial charge in [0.1, 0.15) is 6.54 Å². The van der Waals surface area contributed by atoms with Crippen molar-refractivity contribution in [1.29, 1.82) is 0 Å². The van der Waals surface area contributed by atoms with Gasteiger partial charge in [0.05, 0.1) is 48.4 Å². The Bertz CT molecular complexity index is 802. The number of carboxylic acids is 1. The number of aryl methyl sites for hydroxylation is 1. The van der Waals surface area contributed by atoms with Crippen molar-refractivity contribution in [2.75, 3.05) is 0 Å². The molecule has 134 valence electrons. The van der Waals surface area contributed by atoms with Crippen LogP contribution in [0.2, 0.25) is 0 Å². The summed E-state index contributed by atoms with van der Waals surface area (Å²) in [5.41, 5.74) is -0.0154. The van der Waals surface area contributed by atoms with Crippen LogP contribution in [0.25, 0.3) is 0 Å². The Balaban J connectivity index is 1.60. The highest BCUT2D eigenvalue weighted by atomic mass is 32.2. The number of fused-ring (bicyclic) bond motifs is 2. The third kappa shape index (κ3) is 2.25. The maximum atomic E-state index is 12.3. The van der Waals surface area contributed by atoms with Crippen molar-refractivity contribution in [2.24, 2.45) is 18.9 Å². The Morgan fingerprint density at radius 2 is 2.28 bits per heavy atom. The lowest BCUT2D eigenvalue weighted by atomic mass is 9.79. The van der Waals surface area contributed by atoms with E-state index in [1.807, 2.05) is 23.2 Å². The molecule has 25 heavy (non-hydrogen) atoms. The van der Waals surface area contributed by atoms with Crippen molar-refractivity contribution >= 4 is 23.6 Å². The number of carbonyl (C=O) groups is 2. The van der Waals surface area contributed by atoms with Gasteiger partial charge in [0.2, 0.25) is 11.7 Å². The molecule has 5 atom stereocenters. The van der Waals surface area contributed by atoms with Crippen molar-refractivity contribution in [1.82, 2.24) is 14.7 Å². The lowest BCUT2D eigenvalue weighted by Crippen LogP contribution is -2.64. The fraction of sp³-hybridized carbons (Fsp3) is 0.625. The second kappa shape index (κ2) is 5.57. The van der Waals surface area contributed by atoms with E-state index < -0.39 is 18.0 Å². The molecule has 9 heteroatoms. The number of carboxylic acid groups (broad SMARTS) is 1. The first-order valence-electron chi connectivity index (χ1n) is 8.34. The highest BCUT2D eigenvalue weighted by Crippen LogP contribution is 2.51. The normalized spacial score (nSPS) is 31.8. The van der Waals surface area contributed by atoms with E-state index >= 15 is 0 Å². The number of aromatic nitrogens is 3. The van der Waals surface area contributed by atoms with Crippen LogP contribution >= 0.6 is 11.8 Å². The molecule has 0 radical (unpaired) electrons. The number of aliphatic hydroxyl groups excluding tert-OH is 1. The highest BCUT2D eigenvalue weighted by molar-refractivity contribution is 8.03. The van der Waals surface area contributed by atoms with Crippen LogP contribution in [0.4, 0.5) is 0 Å². The van der Waals surface area contributed by atoms with Gasteiger partial charge in [-0.2, -0.15) is 0 Å². The first-order valence-corrected chi connectivity index (χ1v) is 9.22. The van der Waals surface area contributed by atoms with Crippen LogP contribution in [0, 0.1) is 11.8 Å². The Labute approximate surface area is 149 Å². The van der Waals surface area contributed by atoms with Gasteiger partial charge in [-0.15, -0.1) is 16.4 Å². The number of aliphatic hydroxyl groups is 1. The quantitative estimate of drug-likeness (QED) is 0.499. The number of hydrogen-bond acceptors (Lipinski definition) is 6. The SMILES string of the molecule is C[C@@H](O)[C@H]1C(=O)N2C(C(=O)[O-])=C(SC3Cc4n(nc[n+]4C)C3)[C@H](C)[C@H]12. The van der Waals surface area contributed by atoms with E-state index in [1.54, 1.807) is 13.3 Å². The van der Waals surface area contributed by atoms with Gasteiger partial charge in [-0.3, -0.25) is 4.79 Å².